The minimum atomic E-state index is -1.22. The van der Waals surface area contributed by atoms with Gasteiger partial charge in [0.25, 0.3) is 0 Å². The van der Waals surface area contributed by atoms with Gasteiger partial charge in [-0.25, -0.2) is 9.68 Å². The van der Waals surface area contributed by atoms with Crippen molar-refractivity contribution in [2.75, 3.05) is 12.1 Å². The van der Waals surface area contributed by atoms with Crippen molar-refractivity contribution in [3.63, 3.8) is 0 Å². The summed E-state index contributed by atoms with van der Waals surface area (Å²) in [5, 5.41) is 23.0. The predicted molar refractivity (Wildman–Crippen MR) is 56.4 cm³/mol. The Bertz CT molecular complexity index is 458. The fourth-order valence-electron chi connectivity index (χ4n) is 1.68. The summed E-state index contributed by atoms with van der Waals surface area (Å²) in [7, 11) is 1.63. The molecular weight excluding hydrogens is 212 g/mol. The van der Waals surface area contributed by atoms with Crippen LogP contribution in [0.3, 0.4) is 0 Å². The number of hydrogen-bond acceptors (Lipinski definition) is 5. The van der Waals surface area contributed by atoms with Gasteiger partial charge in [0, 0.05) is 12.6 Å². The highest BCUT2D eigenvalue weighted by molar-refractivity contribution is 6.38. The van der Waals surface area contributed by atoms with Crippen LogP contribution >= 0.6 is 0 Å². The van der Waals surface area contributed by atoms with Gasteiger partial charge in [0.2, 0.25) is 0 Å². The van der Waals surface area contributed by atoms with Gasteiger partial charge >= 0.3 is 5.97 Å². The number of hydrogen-bond donors (Lipinski definition) is 2. The second kappa shape index (κ2) is 3.92. The van der Waals surface area contributed by atoms with Crippen LogP contribution in [-0.2, 0) is 9.68 Å². The summed E-state index contributed by atoms with van der Waals surface area (Å²) in [5.74, 6) is -1.22. The average molecular weight is 222 g/mol. The molecule has 1 unspecified atom stereocenters. The van der Waals surface area contributed by atoms with Crippen molar-refractivity contribution in [1.82, 2.24) is 0 Å². The minimum Gasteiger partial charge on any atom is -0.477 e. The molecule has 6 nitrogen and oxygen atoms in total. The van der Waals surface area contributed by atoms with Gasteiger partial charge in [-0.3, -0.25) is 10.3 Å². The van der Waals surface area contributed by atoms with Gasteiger partial charge < -0.3 is 5.11 Å². The molecule has 0 amide bonds. The van der Waals surface area contributed by atoms with E-state index < -0.39 is 12.1 Å². The van der Waals surface area contributed by atoms with Crippen molar-refractivity contribution in [2.45, 2.75) is 6.10 Å². The summed E-state index contributed by atoms with van der Waals surface area (Å²) in [6.45, 7) is 0. The summed E-state index contributed by atoms with van der Waals surface area (Å²) < 4.78 is 0. The second-order valence-corrected chi connectivity index (χ2v) is 3.36. The summed E-state index contributed by atoms with van der Waals surface area (Å²) in [4.78, 5) is 15.1. The Morgan fingerprint density at radius 1 is 1.50 bits per heavy atom. The fourth-order valence-corrected chi connectivity index (χ4v) is 1.68. The number of carbonyl (C=O) groups is 1. The van der Waals surface area contributed by atoms with Gasteiger partial charge in [0.1, 0.15) is 0 Å². The maximum Gasteiger partial charge on any atom is 0.355 e. The van der Waals surface area contributed by atoms with Crippen LogP contribution in [0.2, 0.25) is 0 Å². The first-order chi connectivity index (χ1) is 7.65. The molecule has 1 aromatic rings. The Hall–Kier alpha value is -1.92. The lowest BCUT2D eigenvalue weighted by atomic mass is 10.0. The second-order valence-electron chi connectivity index (χ2n) is 3.36. The van der Waals surface area contributed by atoms with Gasteiger partial charge in [0.15, 0.2) is 11.8 Å². The highest BCUT2D eigenvalue weighted by Gasteiger charge is 2.32. The van der Waals surface area contributed by atoms with Crippen LogP contribution < -0.4 is 5.01 Å². The molecule has 2 N–H and O–H groups in total. The number of anilines is 1. The molecule has 0 spiro atoms. The zero-order valence-corrected chi connectivity index (χ0v) is 8.49. The number of aliphatic carboxylic acids is 1. The van der Waals surface area contributed by atoms with Crippen molar-refractivity contribution in [1.29, 1.82) is 0 Å². The third-order valence-corrected chi connectivity index (χ3v) is 2.40. The fraction of sp³-hybridized carbons (Fsp3) is 0.200. The molecular formula is C10H10N2O4. The molecule has 0 radical (unpaired) electrons. The van der Waals surface area contributed by atoms with Crippen molar-refractivity contribution in [3.8, 4) is 0 Å². The van der Waals surface area contributed by atoms with Crippen LogP contribution in [-0.4, -0.2) is 29.1 Å². The van der Waals surface area contributed by atoms with Crippen LogP contribution in [0.25, 0.3) is 0 Å². The zero-order chi connectivity index (χ0) is 11.7. The maximum absolute atomic E-state index is 10.9. The Kier molecular flexibility index (Phi) is 2.59. The van der Waals surface area contributed by atoms with Gasteiger partial charge in [-0.2, -0.15) is 5.10 Å². The highest BCUT2D eigenvalue weighted by atomic mass is 17.1. The van der Waals surface area contributed by atoms with E-state index in [0.717, 1.165) is 0 Å². The Labute approximate surface area is 91.3 Å². The van der Waals surface area contributed by atoms with Gasteiger partial charge in [0.05, 0.1) is 5.69 Å². The monoisotopic (exact) mass is 222 g/mol. The normalized spacial score (nSPS) is 19.0. The van der Waals surface area contributed by atoms with E-state index in [9.17, 15) is 4.79 Å². The molecule has 1 aliphatic heterocycles. The maximum atomic E-state index is 10.9. The molecule has 0 aromatic heterocycles. The standard InChI is InChI=1S/C10H10N2O4/c1-12-7-5-3-2-4-6(7)9(16-15)8(11-12)10(13)14/h2-5,9,15H,1H3,(H,13,14). The zero-order valence-electron chi connectivity index (χ0n) is 8.49. The molecule has 0 fully saturated rings. The number of fused-ring (bicyclic) bond motifs is 1. The van der Waals surface area contributed by atoms with E-state index in [2.05, 4.69) is 9.99 Å². The third kappa shape index (κ3) is 1.54. The number of rotatable bonds is 2. The lowest BCUT2D eigenvalue weighted by Crippen LogP contribution is -2.32. The Balaban J connectivity index is 2.54. The summed E-state index contributed by atoms with van der Waals surface area (Å²) >= 11 is 0. The van der Waals surface area contributed by atoms with Crippen molar-refractivity contribution < 1.29 is 20.0 Å². The molecule has 1 aromatic carbocycles. The lowest BCUT2D eigenvalue weighted by Gasteiger charge is -2.27. The first kappa shape index (κ1) is 10.6. The summed E-state index contributed by atoms with van der Waals surface area (Å²) in [6, 6.07) is 6.99. The van der Waals surface area contributed by atoms with Crippen molar-refractivity contribution >= 4 is 17.4 Å². The molecule has 2 rings (SSSR count). The molecule has 1 aliphatic rings. The Morgan fingerprint density at radius 2 is 2.19 bits per heavy atom. The lowest BCUT2D eigenvalue weighted by molar-refractivity contribution is -0.263. The van der Waals surface area contributed by atoms with Gasteiger partial charge in [-0.1, -0.05) is 18.2 Å². The molecule has 6 heteroatoms. The van der Waals surface area contributed by atoms with Crippen LogP contribution in [0.5, 0.6) is 0 Å². The van der Waals surface area contributed by atoms with Crippen LogP contribution in [0, 0.1) is 0 Å². The van der Waals surface area contributed by atoms with E-state index in [4.69, 9.17) is 10.4 Å². The first-order valence-electron chi connectivity index (χ1n) is 4.60. The number of para-hydroxylation sites is 1. The predicted octanol–water partition coefficient (Wildman–Crippen LogP) is 1.11. The minimum absolute atomic E-state index is 0.247. The third-order valence-electron chi connectivity index (χ3n) is 2.40. The smallest absolute Gasteiger partial charge is 0.355 e. The quantitative estimate of drug-likeness (QED) is 0.578. The van der Waals surface area contributed by atoms with E-state index >= 15 is 0 Å². The molecule has 84 valence electrons. The average Bonchev–Trinajstić information content (AvgIpc) is 2.29. The van der Waals surface area contributed by atoms with Gasteiger partial charge in [-0.15, -0.1) is 0 Å². The van der Waals surface area contributed by atoms with E-state index in [0.29, 0.717) is 11.3 Å². The van der Waals surface area contributed by atoms with E-state index in [-0.39, 0.29) is 5.71 Å². The number of carboxylic acid groups (broad SMARTS) is 1. The van der Waals surface area contributed by atoms with Crippen LogP contribution in [0.1, 0.15) is 11.7 Å². The molecule has 0 saturated heterocycles. The molecule has 0 bridgehead atoms. The highest BCUT2D eigenvalue weighted by Crippen LogP contribution is 2.32. The molecule has 0 saturated carbocycles. The first-order valence-corrected chi connectivity index (χ1v) is 4.60. The van der Waals surface area contributed by atoms with Crippen LogP contribution in [0.4, 0.5) is 5.69 Å². The largest absolute Gasteiger partial charge is 0.477 e. The number of hydrazone groups is 1. The van der Waals surface area contributed by atoms with E-state index in [1.165, 1.54) is 5.01 Å². The number of nitrogens with zero attached hydrogens (tertiary/aromatic N) is 2. The number of benzene rings is 1. The Morgan fingerprint density at radius 3 is 2.81 bits per heavy atom. The van der Waals surface area contributed by atoms with Gasteiger partial charge in [-0.05, 0) is 6.07 Å². The van der Waals surface area contributed by atoms with E-state index in [1.54, 1.807) is 31.3 Å². The molecule has 16 heavy (non-hydrogen) atoms. The summed E-state index contributed by atoms with van der Waals surface area (Å²) in [6.07, 6.45) is -1.05. The topological polar surface area (TPSA) is 82.4 Å². The summed E-state index contributed by atoms with van der Waals surface area (Å²) in [5.41, 5.74) is 1.02. The van der Waals surface area contributed by atoms with Crippen molar-refractivity contribution in [2.24, 2.45) is 5.10 Å². The van der Waals surface area contributed by atoms with Crippen LogP contribution in [0.15, 0.2) is 29.4 Å². The number of carboxylic acids is 1. The molecule has 0 aliphatic carbocycles. The van der Waals surface area contributed by atoms with E-state index in [1.807, 2.05) is 0 Å². The molecule has 1 atom stereocenters. The van der Waals surface area contributed by atoms with Crippen molar-refractivity contribution in [3.05, 3.63) is 29.8 Å². The SMILES string of the molecule is CN1N=C(C(=O)O)C(OO)c2ccccc21. The molecule has 1 heterocycles.